The van der Waals surface area contributed by atoms with Crippen LogP contribution in [-0.4, -0.2) is 30.4 Å². The number of anilines is 1. The highest BCUT2D eigenvalue weighted by Gasteiger charge is 2.28. The van der Waals surface area contributed by atoms with Gasteiger partial charge in [0.2, 0.25) is 0 Å². The number of hydrogen-bond acceptors (Lipinski definition) is 2. The summed E-state index contributed by atoms with van der Waals surface area (Å²) in [6, 6.07) is 6.19. The van der Waals surface area contributed by atoms with Crippen LogP contribution >= 0.6 is 0 Å². The summed E-state index contributed by atoms with van der Waals surface area (Å²) < 4.78 is 0. The summed E-state index contributed by atoms with van der Waals surface area (Å²) in [4.78, 5) is 14.4. The van der Waals surface area contributed by atoms with Gasteiger partial charge in [-0.1, -0.05) is 26.8 Å². The molecule has 3 nitrogen and oxygen atoms in total. The summed E-state index contributed by atoms with van der Waals surface area (Å²) in [5.74, 6) is 0.0962. The Kier molecular flexibility index (Phi) is 3.57. The van der Waals surface area contributed by atoms with E-state index in [-0.39, 0.29) is 17.4 Å². The summed E-state index contributed by atoms with van der Waals surface area (Å²) in [7, 11) is 1.89. The topological polar surface area (TPSA) is 32.3 Å². The summed E-state index contributed by atoms with van der Waals surface area (Å²) in [6.45, 7) is 9.55. The summed E-state index contributed by atoms with van der Waals surface area (Å²) in [5, 5.41) is 3.32. The van der Waals surface area contributed by atoms with Gasteiger partial charge in [-0.2, -0.15) is 0 Å². The molecule has 3 heteroatoms. The molecule has 19 heavy (non-hydrogen) atoms. The molecule has 0 fully saturated rings. The molecule has 1 unspecified atom stereocenters. The van der Waals surface area contributed by atoms with E-state index < -0.39 is 0 Å². The van der Waals surface area contributed by atoms with Crippen molar-refractivity contribution in [3.05, 3.63) is 29.3 Å². The second-order valence-corrected chi connectivity index (χ2v) is 6.51. The Balaban J connectivity index is 2.20. The molecule has 0 saturated heterocycles. The fraction of sp³-hybridized carbons (Fsp3) is 0.562. The van der Waals surface area contributed by atoms with Crippen molar-refractivity contribution in [3.63, 3.8) is 0 Å². The van der Waals surface area contributed by atoms with Crippen LogP contribution in [0.15, 0.2) is 18.2 Å². The van der Waals surface area contributed by atoms with E-state index in [0.717, 1.165) is 24.2 Å². The van der Waals surface area contributed by atoms with Crippen LogP contribution in [0.4, 0.5) is 5.69 Å². The molecule has 0 saturated carbocycles. The lowest BCUT2D eigenvalue weighted by Gasteiger charge is -2.35. The van der Waals surface area contributed by atoms with Crippen LogP contribution < -0.4 is 5.32 Å². The highest BCUT2D eigenvalue weighted by atomic mass is 16.2. The van der Waals surface area contributed by atoms with E-state index >= 15 is 0 Å². The number of fused-ring (bicyclic) bond motifs is 1. The largest absolute Gasteiger partial charge is 0.384 e. The maximum atomic E-state index is 12.5. The Morgan fingerprint density at radius 3 is 2.68 bits per heavy atom. The predicted octanol–water partition coefficient (Wildman–Crippen LogP) is 3.16. The lowest BCUT2D eigenvalue weighted by molar-refractivity contribution is 0.0629. The van der Waals surface area contributed by atoms with Gasteiger partial charge in [-0.3, -0.25) is 4.79 Å². The van der Waals surface area contributed by atoms with Crippen molar-refractivity contribution in [3.8, 4) is 0 Å². The minimum Gasteiger partial charge on any atom is -0.384 e. The molecular weight excluding hydrogens is 236 g/mol. The first-order valence-corrected chi connectivity index (χ1v) is 6.94. The van der Waals surface area contributed by atoms with Gasteiger partial charge in [0, 0.05) is 30.9 Å². The van der Waals surface area contributed by atoms with Crippen LogP contribution in [0.5, 0.6) is 0 Å². The lowest BCUT2D eigenvalue weighted by Crippen LogP contribution is -2.42. The molecule has 1 heterocycles. The predicted molar refractivity (Wildman–Crippen MR) is 79.6 cm³/mol. The number of amides is 1. The van der Waals surface area contributed by atoms with Crippen molar-refractivity contribution in [2.45, 2.75) is 40.2 Å². The van der Waals surface area contributed by atoms with E-state index in [1.54, 1.807) is 0 Å². The molecule has 1 amide bonds. The van der Waals surface area contributed by atoms with Crippen molar-refractivity contribution in [2.75, 3.05) is 18.9 Å². The number of rotatable bonds is 2. The first-order valence-electron chi connectivity index (χ1n) is 6.94. The Morgan fingerprint density at radius 2 is 2.05 bits per heavy atom. The van der Waals surface area contributed by atoms with Crippen molar-refractivity contribution in [1.82, 2.24) is 4.90 Å². The number of benzene rings is 1. The SMILES string of the molecule is CC(N(C)C(=O)c1ccc2c(c1)NCC2)C(C)(C)C. The summed E-state index contributed by atoms with van der Waals surface area (Å²) in [6.07, 6.45) is 1.05. The van der Waals surface area contributed by atoms with E-state index in [1.165, 1.54) is 5.56 Å². The fourth-order valence-electron chi connectivity index (χ4n) is 2.38. The molecule has 0 aromatic heterocycles. The van der Waals surface area contributed by atoms with Crippen LogP contribution in [0.2, 0.25) is 0 Å². The molecule has 1 aliphatic heterocycles. The summed E-state index contributed by atoms with van der Waals surface area (Å²) >= 11 is 0. The second kappa shape index (κ2) is 4.87. The smallest absolute Gasteiger partial charge is 0.253 e. The Labute approximate surface area is 116 Å². The average Bonchev–Trinajstić information content (AvgIpc) is 2.82. The maximum absolute atomic E-state index is 12.5. The van der Waals surface area contributed by atoms with E-state index in [4.69, 9.17) is 0 Å². The Bertz CT molecular complexity index is 488. The van der Waals surface area contributed by atoms with Crippen LogP contribution in [0, 0.1) is 5.41 Å². The summed E-state index contributed by atoms with van der Waals surface area (Å²) in [5.41, 5.74) is 3.27. The van der Waals surface area contributed by atoms with Crippen LogP contribution in [0.25, 0.3) is 0 Å². The third kappa shape index (κ3) is 2.75. The first kappa shape index (κ1) is 13.9. The fourth-order valence-corrected chi connectivity index (χ4v) is 2.38. The van der Waals surface area contributed by atoms with Crippen molar-refractivity contribution >= 4 is 11.6 Å². The zero-order valence-corrected chi connectivity index (χ0v) is 12.6. The third-order valence-corrected chi connectivity index (χ3v) is 4.22. The Hall–Kier alpha value is -1.51. The molecule has 1 atom stereocenters. The van der Waals surface area contributed by atoms with Crippen molar-refractivity contribution < 1.29 is 4.79 Å². The second-order valence-electron chi connectivity index (χ2n) is 6.51. The molecule has 1 aromatic rings. The van der Waals surface area contributed by atoms with Gasteiger partial charge >= 0.3 is 0 Å². The van der Waals surface area contributed by atoms with Crippen molar-refractivity contribution in [2.24, 2.45) is 5.41 Å². The molecular formula is C16H24N2O. The van der Waals surface area contributed by atoms with Gasteiger partial charge in [-0.05, 0) is 36.5 Å². The normalized spacial score (nSPS) is 15.6. The van der Waals surface area contributed by atoms with Gasteiger partial charge in [0.25, 0.3) is 5.91 Å². The average molecular weight is 260 g/mol. The minimum atomic E-state index is 0.0827. The molecule has 1 aliphatic rings. The van der Waals surface area contributed by atoms with Gasteiger partial charge in [-0.15, -0.1) is 0 Å². The first-order chi connectivity index (χ1) is 8.80. The van der Waals surface area contributed by atoms with Gasteiger partial charge in [0.1, 0.15) is 0 Å². The van der Waals surface area contributed by atoms with Crippen molar-refractivity contribution in [1.29, 1.82) is 0 Å². The molecule has 0 spiro atoms. The van der Waals surface area contributed by atoms with E-state index in [2.05, 4.69) is 39.1 Å². The van der Waals surface area contributed by atoms with Crippen LogP contribution in [0.3, 0.4) is 0 Å². The molecule has 1 N–H and O–H groups in total. The number of nitrogens with zero attached hydrogens (tertiary/aromatic N) is 1. The highest BCUT2D eigenvalue weighted by molar-refractivity contribution is 5.95. The highest BCUT2D eigenvalue weighted by Crippen LogP contribution is 2.27. The minimum absolute atomic E-state index is 0.0827. The number of hydrogen-bond donors (Lipinski definition) is 1. The van der Waals surface area contributed by atoms with Gasteiger partial charge in [-0.25, -0.2) is 0 Å². The lowest BCUT2D eigenvalue weighted by atomic mass is 9.87. The van der Waals surface area contributed by atoms with E-state index in [0.29, 0.717) is 0 Å². The number of carbonyl (C=O) groups is 1. The van der Waals surface area contributed by atoms with Gasteiger partial charge in [0.15, 0.2) is 0 Å². The van der Waals surface area contributed by atoms with Gasteiger partial charge in [0.05, 0.1) is 0 Å². The molecule has 104 valence electrons. The standard InChI is InChI=1S/C16H24N2O/c1-11(16(2,3)4)18(5)15(19)13-7-6-12-8-9-17-14(12)10-13/h6-7,10-11,17H,8-9H2,1-5H3. The maximum Gasteiger partial charge on any atom is 0.253 e. The molecule has 0 radical (unpaired) electrons. The molecule has 1 aromatic carbocycles. The zero-order chi connectivity index (χ0) is 14.2. The Morgan fingerprint density at radius 1 is 1.37 bits per heavy atom. The number of carbonyl (C=O) groups excluding carboxylic acids is 1. The molecule has 0 aliphatic carbocycles. The molecule has 2 rings (SSSR count). The van der Waals surface area contributed by atoms with Crippen LogP contribution in [0.1, 0.15) is 43.6 Å². The number of nitrogens with one attached hydrogen (secondary N) is 1. The third-order valence-electron chi connectivity index (χ3n) is 4.22. The van der Waals surface area contributed by atoms with E-state index in [1.807, 2.05) is 24.1 Å². The molecule has 0 bridgehead atoms. The van der Waals surface area contributed by atoms with Crippen LogP contribution in [-0.2, 0) is 6.42 Å². The zero-order valence-electron chi connectivity index (χ0n) is 12.6. The van der Waals surface area contributed by atoms with E-state index in [9.17, 15) is 4.79 Å². The quantitative estimate of drug-likeness (QED) is 0.886. The monoisotopic (exact) mass is 260 g/mol. The van der Waals surface area contributed by atoms with Gasteiger partial charge < -0.3 is 10.2 Å².